The molecule has 4 nitrogen and oxygen atoms in total. The highest BCUT2D eigenvalue weighted by Gasteiger charge is 2.23. The first kappa shape index (κ1) is 16.7. The van der Waals surface area contributed by atoms with Crippen LogP contribution in [0.15, 0.2) is 48.7 Å². The fourth-order valence-corrected chi connectivity index (χ4v) is 3.08. The van der Waals surface area contributed by atoms with Crippen molar-refractivity contribution in [3.63, 3.8) is 0 Å². The molecule has 0 radical (unpaired) electrons. The SMILES string of the molecule is Cc1cccc(CN(Cc2ccccn2)C(=O)CC2CCCO2)c1. The van der Waals surface area contributed by atoms with Crippen LogP contribution in [-0.2, 0) is 22.6 Å². The Morgan fingerprint density at radius 2 is 2.17 bits per heavy atom. The largest absolute Gasteiger partial charge is 0.378 e. The van der Waals surface area contributed by atoms with E-state index < -0.39 is 0 Å². The topological polar surface area (TPSA) is 42.4 Å². The summed E-state index contributed by atoms with van der Waals surface area (Å²) in [6, 6.07) is 14.1. The number of aryl methyl sites for hydroxylation is 1. The Bertz CT molecular complexity index is 666. The van der Waals surface area contributed by atoms with E-state index in [0.29, 0.717) is 19.5 Å². The molecule has 1 unspecified atom stereocenters. The molecule has 1 amide bonds. The molecule has 126 valence electrons. The quantitative estimate of drug-likeness (QED) is 0.817. The van der Waals surface area contributed by atoms with Gasteiger partial charge in [-0.05, 0) is 37.5 Å². The molecule has 1 fully saturated rings. The first-order valence-corrected chi connectivity index (χ1v) is 8.55. The molecular weight excluding hydrogens is 300 g/mol. The minimum Gasteiger partial charge on any atom is -0.378 e. The number of rotatable bonds is 6. The lowest BCUT2D eigenvalue weighted by molar-refractivity contribution is -0.134. The van der Waals surface area contributed by atoms with Crippen molar-refractivity contribution >= 4 is 5.91 Å². The summed E-state index contributed by atoms with van der Waals surface area (Å²) in [5, 5.41) is 0. The van der Waals surface area contributed by atoms with E-state index in [-0.39, 0.29) is 12.0 Å². The number of carbonyl (C=O) groups is 1. The van der Waals surface area contributed by atoms with Gasteiger partial charge in [0.25, 0.3) is 0 Å². The third-order valence-electron chi connectivity index (χ3n) is 4.31. The van der Waals surface area contributed by atoms with E-state index in [1.807, 2.05) is 29.2 Å². The summed E-state index contributed by atoms with van der Waals surface area (Å²) >= 11 is 0. The Labute approximate surface area is 143 Å². The number of nitrogens with zero attached hydrogens (tertiary/aromatic N) is 2. The highest BCUT2D eigenvalue weighted by molar-refractivity contribution is 5.76. The first-order valence-electron chi connectivity index (χ1n) is 8.55. The smallest absolute Gasteiger partial charge is 0.225 e. The zero-order valence-electron chi connectivity index (χ0n) is 14.1. The predicted octanol–water partition coefficient (Wildman–Crippen LogP) is 3.49. The zero-order chi connectivity index (χ0) is 16.8. The van der Waals surface area contributed by atoms with Crippen molar-refractivity contribution in [1.29, 1.82) is 0 Å². The van der Waals surface area contributed by atoms with E-state index in [1.165, 1.54) is 5.56 Å². The summed E-state index contributed by atoms with van der Waals surface area (Å²) in [4.78, 5) is 19.1. The maximum Gasteiger partial charge on any atom is 0.225 e. The van der Waals surface area contributed by atoms with Gasteiger partial charge in [0.15, 0.2) is 0 Å². The van der Waals surface area contributed by atoms with Crippen molar-refractivity contribution in [1.82, 2.24) is 9.88 Å². The molecule has 1 atom stereocenters. The van der Waals surface area contributed by atoms with E-state index in [1.54, 1.807) is 6.20 Å². The Hall–Kier alpha value is -2.20. The second-order valence-electron chi connectivity index (χ2n) is 6.40. The molecule has 1 aliphatic rings. The van der Waals surface area contributed by atoms with E-state index >= 15 is 0 Å². The molecule has 0 bridgehead atoms. The molecular formula is C20H24N2O2. The number of amides is 1. The summed E-state index contributed by atoms with van der Waals surface area (Å²) < 4.78 is 5.63. The van der Waals surface area contributed by atoms with Crippen LogP contribution in [0.1, 0.15) is 36.1 Å². The highest BCUT2D eigenvalue weighted by atomic mass is 16.5. The number of aromatic nitrogens is 1. The van der Waals surface area contributed by atoms with E-state index in [0.717, 1.165) is 30.7 Å². The van der Waals surface area contributed by atoms with Crippen LogP contribution in [0.3, 0.4) is 0 Å². The molecule has 1 aromatic carbocycles. The predicted molar refractivity (Wildman–Crippen MR) is 93.3 cm³/mol. The van der Waals surface area contributed by atoms with Crippen molar-refractivity contribution in [2.45, 2.75) is 45.4 Å². The lowest BCUT2D eigenvalue weighted by atomic mass is 10.1. The van der Waals surface area contributed by atoms with Crippen molar-refractivity contribution in [3.8, 4) is 0 Å². The zero-order valence-corrected chi connectivity index (χ0v) is 14.1. The van der Waals surface area contributed by atoms with Crippen molar-refractivity contribution in [2.75, 3.05) is 6.61 Å². The van der Waals surface area contributed by atoms with Crippen LogP contribution >= 0.6 is 0 Å². The number of benzene rings is 1. The Morgan fingerprint density at radius 3 is 2.88 bits per heavy atom. The average molecular weight is 324 g/mol. The molecule has 2 aromatic rings. The molecule has 0 spiro atoms. The number of carbonyl (C=O) groups excluding carboxylic acids is 1. The minimum absolute atomic E-state index is 0.0706. The van der Waals surface area contributed by atoms with Crippen molar-refractivity contribution in [3.05, 3.63) is 65.5 Å². The summed E-state index contributed by atoms with van der Waals surface area (Å²) in [5.41, 5.74) is 3.26. The highest BCUT2D eigenvalue weighted by Crippen LogP contribution is 2.18. The molecule has 1 aromatic heterocycles. The molecule has 24 heavy (non-hydrogen) atoms. The minimum atomic E-state index is 0.0706. The second-order valence-corrected chi connectivity index (χ2v) is 6.40. The first-order chi connectivity index (χ1) is 11.7. The van der Waals surface area contributed by atoms with E-state index in [9.17, 15) is 4.79 Å². The van der Waals surface area contributed by atoms with Gasteiger partial charge in [-0.3, -0.25) is 9.78 Å². The van der Waals surface area contributed by atoms with E-state index in [4.69, 9.17) is 4.74 Å². The maximum atomic E-state index is 12.8. The Morgan fingerprint density at radius 1 is 1.25 bits per heavy atom. The Kier molecular flexibility index (Phi) is 5.59. The van der Waals surface area contributed by atoms with Crippen LogP contribution in [0.4, 0.5) is 0 Å². The molecule has 3 rings (SSSR count). The number of ether oxygens (including phenoxy) is 1. The molecule has 2 heterocycles. The average Bonchev–Trinajstić information content (AvgIpc) is 3.08. The number of hydrogen-bond acceptors (Lipinski definition) is 3. The van der Waals surface area contributed by atoms with Gasteiger partial charge >= 0.3 is 0 Å². The van der Waals surface area contributed by atoms with Crippen LogP contribution in [0.25, 0.3) is 0 Å². The third-order valence-corrected chi connectivity index (χ3v) is 4.31. The molecule has 0 aliphatic carbocycles. The van der Waals surface area contributed by atoms with Crippen LogP contribution < -0.4 is 0 Å². The second kappa shape index (κ2) is 8.06. The molecule has 0 saturated carbocycles. The van der Waals surface area contributed by atoms with Gasteiger partial charge in [0, 0.05) is 19.3 Å². The summed E-state index contributed by atoms with van der Waals surface area (Å²) in [7, 11) is 0. The lowest BCUT2D eigenvalue weighted by Crippen LogP contribution is -2.32. The van der Waals surface area contributed by atoms with Crippen LogP contribution in [0.5, 0.6) is 0 Å². The van der Waals surface area contributed by atoms with Gasteiger partial charge in [-0.15, -0.1) is 0 Å². The Balaban J connectivity index is 1.73. The standard InChI is InChI=1S/C20H24N2O2/c1-16-6-4-7-17(12-16)14-22(15-18-8-2-3-10-21-18)20(23)13-19-9-5-11-24-19/h2-4,6-8,10,12,19H,5,9,11,13-15H2,1H3. The van der Waals surface area contributed by atoms with Gasteiger partial charge in [0.1, 0.15) is 0 Å². The summed E-state index contributed by atoms with van der Waals surface area (Å²) in [5.74, 6) is 0.133. The fraction of sp³-hybridized carbons (Fsp3) is 0.400. The normalized spacial score (nSPS) is 17.0. The van der Waals surface area contributed by atoms with Crippen molar-refractivity contribution < 1.29 is 9.53 Å². The van der Waals surface area contributed by atoms with Crippen LogP contribution in [0.2, 0.25) is 0 Å². The third kappa shape index (κ3) is 4.65. The summed E-state index contributed by atoms with van der Waals surface area (Å²) in [6.45, 7) is 3.97. The van der Waals surface area contributed by atoms with Crippen LogP contribution in [-0.4, -0.2) is 28.5 Å². The van der Waals surface area contributed by atoms with Gasteiger partial charge < -0.3 is 9.64 Å². The fourth-order valence-electron chi connectivity index (χ4n) is 3.08. The van der Waals surface area contributed by atoms with Crippen molar-refractivity contribution in [2.24, 2.45) is 0 Å². The monoisotopic (exact) mass is 324 g/mol. The van der Waals surface area contributed by atoms with Gasteiger partial charge in [-0.1, -0.05) is 35.9 Å². The van der Waals surface area contributed by atoms with Gasteiger partial charge in [-0.25, -0.2) is 0 Å². The number of pyridine rings is 1. The molecule has 1 aliphatic heterocycles. The molecule has 1 saturated heterocycles. The van der Waals surface area contributed by atoms with Gasteiger partial charge in [0.2, 0.25) is 5.91 Å². The maximum absolute atomic E-state index is 12.8. The molecule has 4 heteroatoms. The van der Waals surface area contributed by atoms with E-state index in [2.05, 4.69) is 30.1 Å². The van der Waals surface area contributed by atoms with Crippen LogP contribution in [0, 0.1) is 6.92 Å². The summed E-state index contributed by atoms with van der Waals surface area (Å²) in [6.07, 6.45) is 4.33. The lowest BCUT2D eigenvalue weighted by Gasteiger charge is -2.24. The molecule has 0 N–H and O–H groups in total. The number of hydrogen-bond donors (Lipinski definition) is 0. The van der Waals surface area contributed by atoms with Gasteiger partial charge in [-0.2, -0.15) is 0 Å². The van der Waals surface area contributed by atoms with Gasteiger partial charge in [0.05, 0.1) is 24.8 Å².